The fourth-order valence-corrected chi connectivity index (χ4v) is 1.05. The van der Waals surface area contributed by atoms with Crippen LogP contribution in [-0.4, -0.2) is 8.76 Å². The molecule has 1 rings (SSSR count). The van der Waals surface area contributed by atoms with Crippen LogP contribution in [-0.2, 0) is 11.4 Å². The summed E-state index contributed by atoms with van der Waals surface area (Å²) >= 11 is -2.27. The quantitative estimate of drug-likeness (QED) is 0.537. The lowest BCUT2D eigenvalue weighted by Gasteiger charge is -2.02. The molecule has 1 aromatic carbocycles. The highest BCUT2D eigenvalue weighted by atomic mass is 32.2. The van der Waals surface area contributed by atoms with Crippen LogP contribution in [0.5, 0.6) is 5.75 Å². The van der Waals surface area contributed by atoms with Crippen molar-refractivity contribution in [3.05, 3.63) is 23.8 Å². The van der Waals surface area contributed by atoms with Gasteiger partial charge < -0.3 is 9.92 Å². The van der Waals surface area contributed by atoms with Gasteiger partial charge in [0.25, 0.3) is 0 Å². The molecule has 1 atom stereocenters. The standard InChI is InChI=1S/C7H9NO3S/c1-5-4-6(11-12(9)10)2-3-7(5)8/h2-4H,8H2,1H3,(H,9,10). The Kier molecular flexibility index (Phi) is 2.67. The van der Waals surface area contributed by atoms with Gasteiger partial charge in [0, 0.05) is 5.69 Å². The van der Waals surface area contributed by atoms with Crippen LogP contribution in [0.4, 0.5) is 5.69 Å². The molecular weight excluding hydrogens is 178 g/mol. The van der Waals surface area contributed by atoms with Gasteiger partial charge in [0.05, 0.1) is 0 Å². The molecule has 1 unspecified atom stereocenters. The van der Waals surface area contributed by atoms with Crippen LogP contribution in [0.15, 0.2) is 18.2 Å². The van der Waals surface area contributed by atoms with E-state index < -0.39 is 11.4 Å². The number of hydrogen-bond acceptors (Lipinski definition) is 3. The number of anilines is 1. The van der Waals surface area contributed by atoms with E-state index >= 15 is 0 Å². The van der Waals surface area contributed by atoms with Gasteiger partial charge in [-0.3, -0.25) is 4.55 Å². The first-order valence-electron chi connectivity index (χ1n) is 3.25. The molecule has 0 spiro atoms. The first-order valence-corrected chi connectivity index (χ1v) is 4.28. The average molecular weight is 187 g/mol. The Morgan fingerprint density at radius 1 is 1.58 bits per heavy atom. The molecule has 0 fully saturated rings. The zero-order valence-corrected chi connectivity index (χ0v) is 7.30. The van der Waals surface area contributed by atoms with E-state index in [2.05, 4.69) is 4.18 Å². The second-order valence-electron chi connectivity index (χ2n) is 2.32. The van der Waals surface area contributed by atoms with Crippen molar-refractivity contribution in [3.8, 4) is 5.75 Å². The lowest BCUT2D eigenvalue weighted by molar-refractivity contribution is 0.458. The van der Waals surface area contributed by atoms with Gasteiger partial charge in [-0.25, -0.2) is 0 Å². The predicted octanol–water partition coefficient (Wildman–Crippen LogP) is 1.09. The van der Waals surface area contributed by atoms with Crippen molar-refractivity contribution in [2.75, 3.05) is 5.73 Å². The summed E-state index contributed by atoms with van der Waals surface area (Å²) < 4.78 is 23.1. The summed E-state index contributed by atoms with van der Waals surface area (Å²) in [6.45, 7) is 1.79. The van der Waals surface area contributed by atoms with Crippen LogP contribution in [0, 0.1) is 6.92 Å². The van der Waals surface area contributed by atoms with E-state index in [9.17, 15) is 4.21 Å². The highest BCUT2D eigenvalue weighted by molar-refractivity contribution is 7.74. The third-order valence-corrected chi connectivity index (χ3v) is 1.74. The van der Waals surface area contributed by atoms with E-state index in [1.165, 1.54) is 6.07 Å². The number of hydrogen-bond donors (Lipinski definition) is 2. The fourth-order valence-electron chi connectivity index (χ4n) is 0.782. The number of aryl methyl sites for hydroxylation is 1. The Bertz CT molecular complexity index is 314. The minimum absolute atomic E-state index is 0.336. The average Bonchev–Trinajstić information content (AvgIpc) is 1.96. The SMILES string of the molecule is Cc1cc(OS(=O)O)ccc1N. The maximum Gasteiger partial charge on any atom is 0.357 e. The van der Waals surface area contributed by atoms with Crippen LogP contribution in [0.2, 0.25) is 0 Å². The van der Waals surface area contributed by atoms with E-state index in [1.807, 2.05) is 0 Å². The van der Waals surface area contributed by atoms with Crippen LogP contribution < -0.4 is 9.92 Å². The van der Waals surface area contributed by atoms with E-state index in [0.717, 1.165) is 5.56 Å². The summed E-state index contributed by atoms with van der Waals surface area (Å²) in [6, 6.07) is 4.76. The van der Waals surface area contributed by atoms with Gasteiger partial charge in [-0.1, -0.05) is 0 Å². The normalized spacial score (nSPS) is 12.5. The largest absolute Gasteiger partial charge is 0.399 e. The Hall–Kier alpha value is -1.07. The van der Waals surface area contributed by atoms with E-state index in [4.69, 9.17) is 10.3 Å². The summed E-state index contributed by atoms with van der Waals surface area (Å²) in [7, 11) is 0. The highest BCUT2D eigenvalue weighted by Gasteiger charge is 1.99. The molecule has 0 aliphatic rings. The molecule has 5 heteroatoms. The van der Waals surface area contributed by atoms with Crippen molar-refractivity contribution in [1.82, 2.24) is 0 Å². The smallest absolute Gasteiger partial charge is 0.357 e. The van der Waals surface area contributed by atoms with Gasteiger partial charge in [-0.05, 0) is 30.7 Å². The van der Waals surface area contributed by atoms with Crippen LogP contribution in [0.3, 0.4) is 0 Å². The number of benzene rings is 1. The molecule has 0 aromatic heterocycles. The summed E-state index contributed by atoms with van der Waals surface area (Å²) in [4.78, 5) is 0. The first kappa shape index (κ1) is 9.02. The molecule has 0 heterocycles. The van der Waals surface area contributed by atoms with E-state index in [0.29, 0.717) is 11.4 Å². The zero-order valence-electron chi connectivity index (χ0n) is 6.48. The van der Waals surface area contributed by atoms with E-state index in [1.54, 1.807) is 19.1 Å². The lowest BCUT2D eigenvalue weighted by atomic mass is 10.2. The van der Waals surface area contributed by atoms with Gasteiger partial charge in [-0.2, -0.15) is 4.21 Å². The minimum atomic E-state index is -2.27. The fraction of sp³-hybridized carbons (Fsp3) is 0.143. The predicted molar refractivity (Wildman–Crippen MR) is 47.0 cm³/mol. The minimum Gasteiger partial charge on any atom is -0.399 e. The van der Waals surface area contributed by atoms with Gasteiger partial charge in [-0.15, -0.1) is 0 Å². The molecule has 0 aliphatic carbocycles. The third kappa shape index (κ3) is 2.21. The van der Waals surface area contributed by atoms with Crippen molar-refractivity contribution in [1.29, 1.82) is 0 Å². The molecule has 0 saturated carbocycles. The number of rotatable bonds is 2. The van der Waals surface area contributed by atoms with Gasteiger partial charge in [0.1, 0.15) is 5.75 Å². The summed E-state index contributed by atoms with van der Waals surface area (Å²) in [5, 5.41) is 0. The van der Waals surface area contributed by atoms with Gasteiger partial charge in [0.2, 0.25) is 0 Å². The molecule has 0 saturated heterocycles. The number of nitrogens with two attached hydrogens (primary N) is 1. The van der Waals surface area contributed by atoms with Crippen LogP contribution >= 0.6 is 0 Å². The molecule has 0 amide bonds. The Morgan fingerprint density at radius 3 is 2.75 bits per heavy atom. The monoisotopic (exact) mass is 187 g/mol. The van der Waals surface area contributed by atoms with Crippen molar-refractivity contribution in [2.24, 2.45) is 0 Å². The summed E-state index contributed by atoms with van der Waals surface area (Å²) in [5.41, 5.74) is 6.97. The maximum atomic E-state index is 10.2. The summed E-state index contributed by atoms with van der Waals surface area (Å²) in [6.07, 6.45) is 0. The van der Waals surface area contributed by atoms with Gasteiger partial charge >= 0.3 is 11.4 Å². The van der Waals surface area contributed by atoms with E-state index in [-0.39, 0.29) is 0 Å². The van der Waals surface area contributed by atoms with Crippen molar-refractivity contribution >= 4 is 17.0 Å². The number of nitrogen functional groups attached to an aromatic ring is 1. The molecule has 3 N–H and O–H groups in total. The maximum absolute atomic E-state index is 10.2. The van der Waals surface area contributed by atoms with Crippen molar-refractivity contribution < 1.29 is 12.9 Å². The van der Waals surface area contributed by atoms with Crippen molar-refractivity contribution in [2.45, 2.75) is 6.92 Å². The lowest BCUT2D eigenvalue weighted by Crippen LogP contribution is -1.98. The van der Waals surface area contributed by atoms with Crippen molar-refractivity contribution in [3.63, 3.8) is 0 Å². The third-order valence-electron chi connectivity index (χ3n) is 1.41. The summed E-state index contributed by atoms with van der Waals surface area (Å²) in [5.74, 6) is 0.336. The molecule has 0 bridgehead atoms. The van der Waals surface area contributed by atoms with Crippen LogP contribution in [0.25, 0.3) is 0 Å². The molecular formula is C7H9NO3S. The second-order valence-corrected chi connectivity index (χ2v) is 2.92. The molecule has 4 nitrogen and oxygen atoms in total. The molecule has 12 heavy (non-hydrogen) atoms. The first-order chi connectivity index (χ1) is 5.59. The Balaban J connectivity index is 2.89. The topological polar surface area (TPSA) is 72.5 Å². The second kappa shape index (κ2) is 3.55. The molecule has 1 aromatic rings. The molecule has 66 valence electrons. The zero-order chi connectivity index (χ0) is 9.14. The molecule has 0 aliphatic heterocycles. The van der Waals surface area contributed by atoms with Crippen LogP contribution in [0.1, 0.15) is 5.56 Å². The van der Waals surface area contributed by atoms with Gasteiger partial charge in [0.15, 0.2) is 0 Å². The highest BCUT2D eigenvalue weighted by Crippen LogP contribution is 2.18. The Morgan fingerprint density at radius 2 is 2.25 bits per heavy atom. The Labute approximate surface area is 72.8 Å². The molecule has 0 radical (unpaired) electrons.